The Morgan fingerprint density at radius 3 is 2.47 bits per heavy atom. The van der Waals surface area contributed by atoms with Gasteiger partial charge in [0, 0.05) is 6.04 Å². The molecular formula is C26H32N2O4. The molecule has 1 heterocycles. The van der Waals surface area contributed by atoms with Crippen LogP contribution in [0.1, 0.15) is 76.4 Å². The highest BCUT2D eigenvalue weighted by Gasteiger charge is 2.31. The third-order valence-corrected chi connectivity index (χ3v) is 6.40. The monoisotopic (exact) mass is 436 g/mol. The smallest absolute Gasteiger partial charge is 0.347 e. The first-order valence-electron chi connectivity index (χ1n) is 11.5. The van der Waals surface area contributed by atoms with Crippen molar-refractivity contribution < 1.29 is 19.1 Å². The van der Waals surface area contributed by atoms with E-state index in [4.69, 9.17) is 14.1 Å². The molecule has 1 fully saturated rings. The molecule has 2 unspecified atom stereocenters. The van der Waals surface area contributed by atoms with E-state index in [9.17, 15) is 9.90 Å². The van der Waals surface area contributed by atoms with Crippen LogP contribution in [0.5, 0.6) is 5.75 Å². The first-order chi connectivity index (χ1) is 15.3. The highest BCUT2D eigenvalue weighted by molar-refractivity contribution is 5.76. The molecule has 4 rings (SSSR count). The van der Waals surface area contributed by atoms with Crippen molar-refractivity contribution in [3.63, 3.8) is 0 Å². The van der Waals surface area contributed by atoms with E-state index in [-0.39, 0.29) is 12.1 Å². The predicted molar refractivity (Wildman–Crippen MR) is 124 cm³/mol. The van der Waals surface area contributed by atoms with Gasteiger partial charge in [-0.05, 0) is 69.4 Å². The molecule has 1 aliphatic rings. The van der Waals surface area contributed by atoms with Crippen molar-refractivity contribution in [1.82, 2.24) is 10.3 Å². The molecule has 1 saturated carbocycles. The topological polar surface area (TPSA) is 84.6 Å². The number of oxazole rings is 1. The molecule has 2 N–H and O–H groups in total. The molecule has 6 heteroatoms. The quantitative estimate of drug-likeness (QED) is 0.448. The van der Waals surface area contributed by atoms with Gasteiger partial charge < -0.3 is 14.3 Å². The number of nitrogens with zero attached hydrogens (tertiary/aromatic N) is 1. The molecule has 2 aromatic carbocycles. The lowest BCUT2D eigenvalue weighted by atomic mass is 9.83. The van der Waals surface area contributed by atoms with Crippen molar-refractivity contribution in [2.45, 2.75) is 70.6 Å². The molecule has 0 amide bonds. The Balaban J connectivity index is 1.53. The summed E-state index contributed by atoms with van der Waals surface area (Å²) in [6.45, 7) is 5.22. The summed E-state index contributed by atoms with van der Waals surface area (Å²) < 4.78 is 11.8. The lowest BCUT2D eigenvalue weighted by molar-refractivity contribution is -0.152. The van der Waals surface area contributed by atoms with Crippen LogP contribution in [0.3, 0.4) is 0 Å². The first-order valence-corrected chi connectivity index (χ1v) is 11.5. The van der Waals surface area contributed by atoms with Gasteiger partial charge >= 0.3 is 5.97 Å². The number of rotatable bonds is 8. The number of ether oxygens (including phenoxy) is 1. The van der Waals surface area contributed by atoms with Gasteiger partial charge in [0.15, 0.2) is 11.2 Å². The average Bonchev–Trinajstić information content (AvgIpc) is 3.22. The van der Waals surface area contributed by atoms with Crippen molar-refractivity contribution in [3.05, 3.63) is 60.0 Å². The van der Waals surface area contributed by atoms with Crippen molar-refractivity contribution >= 4 is 17.1 Å². The summed E-state index contributed by atoms with van der Waals surface area (Å²) >= 11 is 0. The van der Waals surface area contributed by atoms with E-state index in [0.29, 0.717) is 11.7 Å². The molecule has 6 nitrogen and oxygen atoms in total. The summed E-state index contributed by atoms with van der Waals surface area (Å²) in [7, 11) is 0. The average molecular weight is 437 g/mol. The van der Waals surface area contributed by atoms with Crippen molar-refractivity contribution in [2.24, 2.45) is 5.92 Å². The van der Waals surface area contributed by atoms with Gasteiger partial charge in [0.05, 0.1) is 6.04 Å². The van der Waals surface area contributed by atoms with Gasteiger partial charge in [-0.15, -0.1) is 0 Å². The molecule has 2 atom stereocenters. The second-order valence-electron chi connectivity index (χ2n) is 9.27. The zero-order valence-corrected chi connectivity index (χ0v) is 19.0. The number of carboxylic acids is 1. The van der Waals surface area contributed by atoms with Gasteiger partial charge in [0.2, 0.25) is 5.89 Å². The lowest BCUT2D eigenvalue weighted by Gasteiger charge is -2.31. The van der Waals surface area contributed by atoms with Crippen LogP contribution >= 0.6 is 0 Å². The van der Waals surface area contributed by atoms with Crippen molar-refractivity contribution in [1.29, 1.82) is 0 Å². The largest absolute Gasteiger partial charge is 0.478 e. The fourth-order valence-corrected chi connectivity index (χ4v) is 4.43. The number of para-hydroxylation sites is 2. The van der Waals surface area contributed by atoms with Gasteiger partial charge in [-0.25, -0.2) is 9.78 Å². The van der Waals surface area contributed by atoms with E-state index in [1.54, 1.807) is 13.8 Å². The SMILES string of the molecule is CC(NC(c1nc2ccccc2o1)C1CCCCC1)c1ccc(OC(C)(C)C(=O)O)cc1. The number of carbonyl (C=O) groups is 1. The van der Waals surface area contributed by atoms with Gasteiger partial charge in [-0.3, -0.25) is 5.32 Å². The first kappa shape index (κ1) is 22.3. The number of hydrogen-bond acceptors (Lipinski definition) is 5. The standard InChI is InChI=1S/C26H32N2O4/c1-17(18-13-15-20(16-14-18)32-26(2,3)25(29)30)27-23(19-9-5-4-6-10-19)24-28-21-11-7-8-12-22(21)31-24/h7-8,11-17,19,23,27H,4-6,9-10H2,1-3H3,(H,29,30). The number of aliphatic carboxylic acids is 1. The van der Waals surface area contributed by atoms with Crippen LogP contribution in [-0.2, 0) is 4.79 Å². The molecular weight excluding hydrogens is 404 g/mol. The van der Waals surface area contributed by atoms with Crippen LogP contribution in [-0.4, -0.2) is 21.7 Å². The summed E-state index contributed by atoms with van der Waals surface area (Å²) in [6.07, 6.45) is 6.10. The van der Waals surface area contributed by atoms with Gasteiger partial charge in [-0.2, -0.15) is 0 Å². The minimum absolute atomic E-state index is 0.0413. The Kier molecular flexibility index (Phi) is 6.51. The molecule has 0 saturated heterocycles. The van der Waals surface area contributed by atoms with Crippen LogP contribution in [0.25, 0.3) is 11.1 Å². The second kappa shape index (κ2) is 9.33. The zero-order valence-electron chi connectivity index (χ0n) is 19.0. The van der Waals surface area contributed by atoms with Gasteiger partial charge in [-0.1, -0.05) is 43.5 Å². The highest BCUT2D eigenvalue weighted by atomic mass is 16.5. The Hall–Kier alpha value is -2.86. The van der Waals surface area contributed by atoms with Crippen molar-refractivity contribution in [3.8, 4) is 5.75 Å². The zero-order chi connectivity index (χ0) is 22.7. The summed E-state index contributed by atoms with van der Waals surface area (Å²) in [5.41, 5.74) is 1.53. The van der Waals surface area contributed by atoms with Gasteiger partial charge in [0.25, 0.3) is 0 Å². The fourth-order valence-electron chi connectivity index (χ4n) is 4.43. The molecule has 0 aliphatic heterocycles. The van der Waals surface area contributed by atoms with E-state index < -0.39 is 11.6 Å². The van der Waals surface area contributed by atoms with Crippen LogP contribution < -0.4 is 10.1 Å². The predicted octanol–water partition coefficient (Wildman–Crippen LogP) is 6.04. The van der Waals surface area contributed by atoms with E-state index >= 15 is 0 Å². The summed E-state index contributed by atoms with van der Waals surface area (Å²) in [4.78, 5) is 16.1. The third kappa shape index (κ3) is 4.96. The number of nitrogens with one attached hydrogen (secondary N) is 1. The van der Waals surface area contributed by atoms with Crippen LogP contribution in [0.2, 0.25) is 0 Å². The normalized spacial score (nSPS) is 17.2. The van der Waals surface area contributed by atoms with Crippen molar-refractivity contribution in [2.75, 3.05) is 0 Å². The minimum Gasteiger partial charge on any atom is -0.478 e. The second-order valence-corrected chi connectivity index (χ2v) is 9.27. The number of hydrogen-bond donors (Lipinski definition) is 2. The van der Waals surface area contributed by atoms with Crippen LogP contribution in [0.15, 0.2) is 52.9 Å². The van der Waals surface area contributed by atoms with Crippen LogP contribution in [0, 0.1) is 5.92 Å². The molecule has 170 valence electrons. The molecule has 0 bridgehead atoms. The van der Waals surface area contributed by atoms with E-state index in [0.717, 1.165) is 22.6 Å². The summed E-state index contributed by atoms with van der Waals surface area (Å²) in [6, 6.07) is 15.6. The third-order valence-electron chi connectivity index (χ3n) is 6.40. The Labute approximate surface area is 189 Å². The van der Waals surface area contributed by atoms with Crippen LogP contribution in [0.4, 0.5) is 0 Å². The maximum atomic E-state index is 11.3. The summed E-state index contributed by atoms with van der Waals surface area (Å²) in [5, 5.41) is 13.1. The summed E-state index contributed by atoms with van der Waals surface area (Å²) in [5.74, 6) is 0.785. The van der Waals surface area contributed by atoms with E-state index in [1.807, 2.05) is 48.5 Å². The maximum absolute atomic E-state index is 11.3. The molecule has 1 aliphatic carbocycles. The Morgan fingerprint density at radius 2 is 1.81 bits per heavy atom. The molecule has 1 aromatic heterocycles. The highest BCUT2D eigenvalue weighted by Crippen LogP contribution is 2.37. The Morgan fingerprint density at radius 1 is 1.12 bits per heavy atom. The minimum atomic E-state index is -1.27. The van der Waals surface area contributed by atoms with Gasteiger partial charge in [0.1, 0.15) is 11.3 Å². The molecule has 0 radical (unpaired) electrons. The number of fused-ring (bicyclic) bond motifs is 1. The molecule has 0 spiro atoms. The Bertz CT molecular complexity index is 1020. The molecule has 32 heavy (non-hydrogen) atoms. The maximum Gasteiger partial charge on any atom is 0.347 e. The van der Waals surface area contributed by atoms with E-state index in [2.05, 4.69) is 12.2 Å². The fraction of sp³-hybridized carbons (Fsp3) is 0.462. The number of benzene rings is 2. The van der Waals surface area contributed by atoms with E-state index in [1.165, 1.54) is 32.1 Å². The molecule has 3 aromatic rings. The lowest BCUT2D eigenvalue weighted by Crippen LogP contribution is -2.37. The number of aromatic nitrogens is 1. The number of carboxylic acid groups (broad SMARTS) is 1.